The molecule has 1 saturated carbocycles. The van der Waals surface area contributed by atoms with Gasteiger partial charge in [0.15, 0.2) is 0 Å². The van der Waals surface area contributed by atoms with Gasteiger partial charge in [0.2, 0.25) is 5.91 Å². The number of carbonyl (C=O) groups is 1. The summed E-state index contributed by atoms with van der Waals surface area (Å²) < 4.78 is 0. The fourth-order valence-corrected chi connectivity index (χ4v) is 2.72. The molecule has 0 aliphatic heterocycles. The van der Waals surface area contributed by atoms with E-state index < -0.39 is 0 Å². The third-order valence-corrected chi connectivity index (χ3v) is 4.28. The van der Waals surface area contributed by atoms with Crippen LogP contribution in [0.1, 0.15) is 31.7 Å². The van der Waals surface area contributed by atoms with Gasteiger partial charge in [-0.05, 0) is 31.7 Å². The Bertz CT molecular complexity index is 400. The second-order valence-corrected chi connectivity index (χ2v) is 5.67. The van der Waals surface area contributed by atoms with Gasteiger partial charge in [0.05, 0.1) is 5.41 Å². The molecule has 1 aliphatic rings. The molecule has 0 unspecified atom stereocenters. The highest BCUT2D eigenvalue weighted by molar-refractivity contribution is 9.09. The summed E-state index contributed by atoms with van der Waals surface area (Å²) in [6.45, 7) is 3.72. The van der Waals surface area contributed by atoms with Crippen LogP contribution in [0.25, 0.3) is 0 Å². The first-order valence-corrected chi connectivity index (χ1v) is 7.77. The summed E-state index contributed by atoms with van der Waals surface area (Å²) in [5.74, 6) is 0.317. The maximum atomic E-state index is 12.7. The Hall–Kier alpha value is -0.830. The quantitative estimate of drug-likeness (QED) is 0.738. The van der Waals surface area contributed by atoms with Crippen LogP contribution in [-0.4, -0.2) is 29.2 Å². The van der Waals surface area contributed by atoms with E-state index in [2.05, 4.69) is 35.0 Å². The highest BCUT2D eigenvalue weighted by Crippen LogP contribution is 2.49. The van der Waals surface area contributed by atoms with Crippen LogP contribution in [0.4, 0.5) is 0 Å². The van der Waals surface area contributed by atoms with Crippen LogP contribution in [-0.2, 0) is 10.2 Å². The van der Waals surface area contributed by atoms with Crippen molar-refractivity contribution >= 4 is 21.8 Å². The number of halogens is 1. The van der Waals surface area contributed by atoms with Gasteiger partial charge in [-0.15, -0.1) is 0 Å². The van der Waals surface area contributed by atoms with Gasteiger partial charge in [-0.25, -0.2) is 0 Å². The molecule has 3 heteroatoms. The molecule has 0 aromatic heterocycles. The second kappa shape index (κ2) is 5.87. The molecule has 0 atom stereocenters. The lowest BCUT2D eigenvalue weighted by Gasteiger charge is -2.26. The van der Waals surface area contributed by atoms with Crippen LogP contribution in [0.3, 0.4) is 0 Å². The lowest BCUT2D eigenvalue weighted by Crippen LogP contribution is -2.39. The summed E-state index contributed by atoms with van der Waals surface area (Å²) in [6, 6.07) is 10.2. The molecule has 18 heavy (non-hydrogen) atoms. The summed E-state index contributed by atoms with van der Waals surface area (Å²) in [5, 5.41) is 0.953. The Kier molecular flexibility index (Phi) is 4.44. The molecule has 0 bridgehead atoms. The molecule has 1 aromatic carbocycles. The van der Waals surface area contributed by atoms with Crippen molar-refractivity contribution in [2.24, 2.45) is 0 Å². The standard InChI is InChI=1S/C15H20BrNO/c1-2-17(12-6-11-16)14(18)15(9-10-15)13-7-4-3-5-8-13/h3-5,7-8H,2,6,9-12H2,1H3. The lowest BCUT2D eigenvalue weighted by atomic mass is 9.94. The Balaban J connectivity index is 2.12. The molecular formula is C15H20BrNO. The van der Waals surface area contributed by atoms with Crippen molar-refractivity contribution in [1.82, 2.24) is 4.90 Å². The number of benzene rings is 1. The molecular weight excluding hydrogens is 290 g/mol. The minimum atomic E-state index is -0.205. The second-order valence-electron chi connectivity index (χ2n) is 4.88. The van der Waals surface area contributed by atoms with Crippen molar-refractivity contribution in [3.05, 3.63) is 35.9 Å². The summed E-state index contributed by atoms with van der Waals surface area (Å²) in [6.07, 6.45) is 3.02. The number of hydrogen-bond donors (Lipinski definition) is 0. The zero-order valence-electron chi connectivity index (χ0n) is 10.9. The Labute approximate surface area is 117 Å². The molecule has 0 radical (unpaired) electrons. The third-order valence-electron chi connectivity index (χ3n) is 3.72. The predicted molar refractivity (Wildman–Crippen MR) is 78.0 cm³/mol. The van der Waals surface area contributed by atoms with Gasteiger partial charge in [0.25, 0.3) is 0 Å². The molecule has 98 valence electrons. The minimum absolute atomic E-state index is 0.205. The van der Waals surface area contributed by atoms with E-state index >= 15 is 0 Å². The van der Waals surface area contributed by atoms with Crippen molar-refractivity contribution in [2.75, 3.05) is 18.4 Å². The number of amides is 1. The van der Waals surface area contributed by atoms with E-state index in [1.165, 1.54) is 5.56 Å². The Morgan fingerprint density at radius 2 is 2.00 bits per heavy atom. The van der Waals surface area contributed by atoms with Crippen LogP contribution in [0.15, 0.2) is 30.3 Å². The van der Waals surface area contributed by atoms with Crippen molar-refractivity contribution in [3.63, 3.8) is 0 Å². The monoisotopic (exact) mass is 309 g/mol. The van der Waals surface area contributed by atoms with Gasteiger partial charge in [-0.1, -0.05) is 46.3 Å². The van der Waals surface area contributed by atoms with E-state index in [-0.39, 0.29) is 5.41 Å². The first-order valence-electron chi connectivity index (χ1n) is 6.65. The Morgan fingerprint density at radius 1 is 1.33 bits per heavy atom. The van der Waals surface area contributed by atoms with Crippen molar-refractivity contribution < 1.29 is 4.79 Å². The zero-order chi connectivity index (χ0) is 13.0. The fraction of sp³-hybridized carbons (Fsp3) is 0.533. The highest BCUT2D eigenvalue weighted by Gasteiger charge is 2.52. The van der Waals surface area contributed by atoms with Gasteiger partial charge >= 0.3 is 0 Å². The van der Waals surface area contributed by atoms with Crippen molar-refractivity contribution in [1.29, 1.82) is 0 Å². The predicted octanol–water partition coefficient (Wildman–Crippen LogP) is 3.35. The number of hydrogen-bond acceptors (Lipinski definition) is 1. The van der Waals surface area contributed by atoms with Crippen LogP contribution < -0.4 is 0 Å². The van der Waals surface area contributed by atoms with E-state index in [0.717, 1.165) is 37.7 Å². The normalized spacial score (nSPS) is 16.3. The SMILES string of the molecule is CCN(CCCBr)C(=O)C1(c2ccccc2)CC1. The summed E-state index contributed by atoms with van der Waals surface area (Å²) in [5.41, 5.74) is 0.983. The topological polar surface area (TPSA) is 20.3 Å². The van der Waals surface area contributed by atoms with Gasteiger partial charge in [0.1, 0.15) is 0 Å². The van der Waals surface area contributed by atoms with Crippen molar-refractivity contribution in [3.8, 4) is 0 Å². The minimum Gasteiger partial charge on any atom is -0.342 e. The maximum Gasteiger partial charge on any atom is 0.233 e. The summed E-state index contributed by atoms with van der Waals surface area (Å²) >= 11 is 3.43. The third kappa shape index (κ3) is 2.61. The van der Waals surface area contributed by atoms with Crippen LogP contribution in [0.5, 0.6) is 0 Å². The molecule has 1 aliphatic carbocycles. The van der Waals surface area contributed by atoms with Crippen LogP contribution in [0, 0.1) is 0 Å². The number of likely N-dealkylation sites (N-methyl/N-ethyl adjacent to an activating group) is 1. The van der Waals surface area contributed by atoms with E-state index in [1.807, 2.05) is 23.1 Å². The van der Waals surface area contributed by atoms with E-state index in [0.29, 0.717) is 5.91 Å². The smallest absolute Gasteiger partial charge is 0.233 e. The largest absolute Gasteiger partial charge is 0.342 e. The van der Waals surface area contributed by atoms with E-state index in [9.17, 15) is 4.79 Å². The van der Waals surface area contributed by atoms with Gasteiger partial charge in [-0.2, -0.15) is 0 Å². The van der Waals surface area contributed by atoms with Crippen LogP contribution >= 0.6 is 15.9 Å². The zero-order valence-corrected chi connectivity index (χ0v) is 12.4. The molecule has 1 fully saturated rings. The summed E-state index contributed by atoms with van der Waals surface area (Å²) in [7, 11) is 0. The number of carbonyl (C=O) groups excluding carboxylic acids is 1. The highest BCUT2D eigenvalue weighted by atomic mass is 79.9. The first kappa shape index (κ1) is 13.6. The number of nitrogens with zero attached hydrogens (tertiary/aromatic N) is 1. The molecule has 1 amide bonds. The van der Waals surface area contributed by atoms with Crippen molar-refractivity contribution in [2.45, 2.75) is 31.6 Å². The van der Waals surface area contributed by atoms with Gasteiger partial charge in [0, 0.05) is 18.4 Å². The molecule has 0 saturated heterocycles. The average molecular weight is 310 g/mol. The lowest BCUT2D eigenvalue weighted by molar-refractivity contribution is -0.133. The fourth-order valence-electron chi connectivity index (χ4n) is 2.46. The number of rotatable bonds is 6. The van der Waals surface area contributed by atoms with Gasteiger partial charge < -0.3 is 4.90 Å². The van der Waals surface area contributed by atoms with Gasteiger partial charge in [-0.3, -0.25) is 4.79 Å². The maximum absolute atomic E-state index is 12.7. The molecule has 0 N–H and O–H groups in total. The molecule has 2 rings (SSSR count). The summed E-state index contributed by atoms with van der Waals surface area (Å²) in [4.78, 5) is 14.7. The first-order chi connectivity index (χ1) is 8.74. The molecule has 2 nitrogen and oxygen atoms in total. The van der Waals surface area contributed by atoms with Crippen LogP contribution in [0.2, 0.25) is 0 Å². The molecule has 0 heterocycles. The average Bonchev–Trinajstić information content (AvgIpc) is 3.22. The van der Waals surface area contributed by atoms with E-state index in [1.54, 1.807) is 0 Å². The van der Waals surface area contributed by atoms with E-state index in [4.69, 9.17) is 0 Å². The number of alkyl halides is 1. The molecule has 1 aromatic rings. The Morgan fingerprint density at radius 3 is 2.50 bits per heavy atom. The molecule has 0 spiro atoms.